The highest BCUT2D eigenvalue weighted by atomic mass is 16.5. The zero-order chi connectivity index (χ0) is 12.8. The zero-order valence-electron chi connectivity index (χ0n) is 11.1. The average Bonchev–Trinajstić information content (AvgIpc) is 3.13. The van der Waals surface area contributed by atoms with E-state index < -0.39 is 0 Å². The van der Waals surface area contributed by atoms with E-state index in [2.05, 4.69) is 22.2 Å². The lowest BCUT2D eigenvalue weighted by molar-refractivity contribution is 0.143. The first-order chi connectivity index (χ1) is 8.81. The van der Waals surface area contributed by atoms with Crippen LogP contribution in [-0.2, 0) is 11.2 Å². The molecule has 18 heavy (non-hydrogen) atoms. The van der Waals surface area contributed by atoms with Crippen molar-refractivity contribution in [3.05, 3.63) is 11.9 Å². The molecule has 0 saturated heterocycles. The summed E-state index contributed by atoms with van der Waals surface area (Å²) in [5, 5.41) is 3.38. The van der Waals surface area contributed by atoms with Crippen LogP contribution in [0.15, 0.2) is 6.07 Å². The van der Waals surface area contributed by atoms with Crippen LogP contribution in [0.2, 0.25) is 0 Å². The Morgan fingerprint density at radius 2 is 2.17 bits per heavy atom. The monoisotopic (exact) mass is 251 g/mol. The molecule has 0 aliphatic heterocycles. The Labute approximate surface area is 108 Å². The number of hydrogen-bond acceptors (Lipinski definition) is 5. The van der Waals surface area contributed by atoms with Crippen LogP contribution in [0.25, 0.3) is 0 Å². The largest absolute Gasteiger partial charge is 0.475 e. The van der Waals surface area contributed by atoms with Gasteiger partial charge in [0.2, 0.25) is 5.88 Å². The molecular formula is C13H21N3O2. The van der Waals surface area contributed by atoms with Crippen molar-refractivity contribution in [1.82, 2.24) is 9.97 Å². The van der Waals surface area contributed by atoms with Crippen molar-refractivity contribution in [2.75, 3.05) is 25.6 Å². The average molecular weight is 251 g/mol. The molecule has 0 unspecified atom stereocenters. The van der Waals surface area contributed by atoms with Gasteiger partial charge in [0, 0.05) is 25.6 Å². The molecule has 2 rings (SSSR count). The smallest absolute Gasteiger partial charge is 0.218 e. The highest BCUT2D eigenvalue weighted by Gasteiger charge is 2.21. The molecule has 5 heteroatoms. The molecule has 100 valence electrons. The number of aromatic nitrogens is 2. The second-order valence-corrected chi connectivity index (χ2v) is 4.52. The number of aryl methyl sites for hydroxylation is 1. The fraction of sp³-hybridized carbons (Fsp3) is 0.692. The summed E-state index contributed by atoms with van der Waals surface area (Å²) in [5.74, 6) is 2.35. The molecule has 0 bridgehead atoms. The molecule has 1 N–H and O–H groups in total. The molecule has 0 radical (unpaired) electrons. The Hall–Kier alpha value is -1.36. The lowest BCUT2D eigenvalue weighted by Gasteiger charge is -2.10. The van der Waals surface area contributed by atoms with Gasteiger partial charge < -0.3 is 14.8 Å². The van der Waals surface area contributed by atoms with E-state index in [1.54, 1.807) is 7.11 Å². The van der Waals surface area contributed by atoms with Gasteiger partial charge in [-0.25, -0.2) is 4.98 Å². The normalized spacial score (nSPS) is 14.6. The highest BCUT2D eigenvalue weighted by Crippen LogP contribution is 2.25. The van der Waals surface area contributed by atoms with E-state index in [1.807, 2.05) is 6.07 Å². The van der Waals surface area contributed by atoms with Crippen LogP contribution in [0.3, 0.4) is 0 Å². The molecule has 1 aliphatic carbocycles. The van der Waals surface area contributed by atoms with E-state index in [4.69, 9.17) is 9.47 Å². The number of hydrogen-bond donors (Lipinski definition) is 1. The van der Waals surface area contributed by atoms with Gasteiger partial charge in [0.25, 0.3) is 0 Å². The van der Waals surface area contributed by atoms with Crippen LogP contribution in [0.1, 0.15) is 32.0 Å². The van der Waals surface area contributed by atoms with E-state index in [0.717, 1.165) is 24.5 Å². The van der Waals surface area contributed by atoms with Crippen LogP contribution in [0.4, 0.5) is 5.82 Å². The van der Waals surface area contributed by atoms with Gasteiger partial charge in [-0.15, -0.1) is 0 Å². The van der Waals surface area contributed by atoms with Crippen LogP contribution in [0, 0.1) is 0 Å². The predicted molar refractivity (Wildman–Crippen MR) is 70.0 cm³/mol. The maximum atomic E-state index is 5.56. The van der Waals surface area contributed by atoms with E-state index >= 15 is 0 Å². The molecule has 1 heterocycles. The molecule has 1 saturated carbocycles. The number of rotatable bonds is 8. The van der Waals surface area contributed by atoms with Crippen molar-refractivity contribution in [3.8, 4) is 5.88 Å². The molecule has 1 fully saturated rings. The van der Waals surface area contributed by atoms with Gasteiger partial charge in [0.05, 0.1) is 6.61 Å². The quantitative estimate of drug-likeness (QED) is 0.716. The molecule has 0 atom stereocenters. The minimum atomic E-state index is 0.516. The molecular weight excluding hydrogens is 230 g/mol. The summed E-state index contributed by atoms with van der Waals surface area (Å²) in [4.78, 5) is 8.89. The Morgan fingerprint density at radius 3 is 2.83 bits per heavy atom. The molecule has 0 amide bonds. The lowest BCUT2D eigenvalue weighted by atomic mass is 10.3. The second-order valence-electron chi connectivity index (χ2n) is 4.52. The molecule has 1 aliphatic rings. The Kier molecular flexibility index (Phi) is 4.75. The van der Waals surface area contributed by atoms with E-state index in [1.165, 1.54) is 12.8 Å². The van der Waals surface area contributed by atoms with Crippen molar-refractivity contribution in [1.29, 1.82) is 0 Å². The molecule has 1 aromatic heterocycles. The van der Waals surface area contributed by atoms with Crippen LogP contribution in [0.5, 0.6) is 5.88 Å². The van der Waals surface area contributed by atoms with Crippen LogP contribution < -0.4 is 10.1 Å². The maximum absolute atomic E-state index is 5.56. The van der Waals surface area contributed by atoms with E-state index in [0.29, 0.717) is 25.1 Å². The van der Waals surface area contributed by atoms with Crippen molar-refractivity contribution in [3.63, 3.8) is 0 Å². The minimum absolute atomic E-state index is 0.516. The van der Waals surface area contributed by atoms with Gasteiger partial charge in [-0.2, -0.15) is 4.98 Å². The second kappa shape index (κ2) is 6.54. The zero-order valence-corrected chi connectivity index (χ0v) is 11.1. The standard InChI is InChI=1S/C13H21N3O2/c1-3-4-11-15-12(14-10-5-6-10)9-13(16-11)18-8-7-17-2/h9-10H,3-8H2,1-2H3,(H,14,15,16). The molecule has 0 aromatic carbocycles. The van der Waals surface area contributed by atoms with Crippen LogP contribution in [-0.4, -0.2) is 36.3 Å². The maximum Gasteiger partial charge on any atom is 0.218 e. The first-order valence-corrected chi connectivity index (χ1v) is 6.58. The van der Waals surface area contributed by atoms with Gasteiger partial charge in [-0.3, -0.25) is 0 Å². The van der Waals surface area contributed by atoms with Crippen molar-refractivity contribution < 1.29 is 9.47 Å². The Balaban J connectivity index is 2.02. The number of nitrogens with zero attached hydrogens (tertiary/aromatic N) is 2. The summed E-state index contributed by atoms with van der Waals surface area (Å²) in [7, 11) is 1.66. The third-order valence-corrected chi connectivity index (χ3v) is 2.69. The van der Waals surface area contributed by atoms with Gasteiger partial charge in [0.15, 0.2) is 0 Å². The Bertz CT molecular complexity index is 380. The third kappa shape index (κ3) is 4.14. The fourth-order valence-electron chi connectivity index (χ4n) is 1.62. The first kappa shape index (κ1) is 13.1. The van der Waals surface area contributed by atoms with E-state index in [9.17, 15) is 0 Å². The number of nitrogens with one attached hydrogen (secondary N) is 1. The van der Waals surface area contributed by atoms with Gasteiger partial charge in [-0.1, -0.05) is 6.92 Å². The summed E-state index contributed by atoms with van der Waals surface area (Å²) in [6.07, 6.45) is 4.37. The number of methoxy groups -OCH3 is 1. The lowest BCUT2D eigenvalue weighted by Crippen LogP contribution is -2.10. The van der Waals surface area contributed by atoms with Crippen molar-refractivity contribution in [2.24, 2.45) is 0 Å². The van der Waals surface area contributed by atoms with Gasteiger partial charge in [0.1, 0.15) is 18.2 Å². The van der Waals surface area contributed by atoms with Gasteiger partial charge >= 0.3 is 0 Å². The number of ether oxygens (including phenoxy) is 2. The van der Waals surface area contributed by atoms with Crippen molar-refractivity contribution >= 4 is 5.82 Å². The SMILES string of the molecule is CCCc1nc(NC2CC2)cc(OCCOC)n1. The minimum Gasteiger partial charge on any atom is -0.475 e. The van der Waals surface area contributed by atoms with Crippen molar-refractivity contribution in [2.45, 2.75) is 38.6 Å². The van der Waals surface area contributed by atoms with E-state index in [-0.39, 0.29) is 0 Å². The first-order valence-electron chi connectivity index (χ1n) is 6.58. The molecule has 5 nitrogen and oxygen atoms in total. The summed E-state index contributed by atoms with van der Waals surface area (Å²) in [6.45, 7) is 3.20. The highest BCUT2D eigenvalue weighted by molar-refractivity contribution is 5.40. The van der Waals surface area contributed by atoms with Crippen LogP contribution >= 0.6 is 0 Å². The Morgan fingerprint density at radius 1 is 1.33 bits per heavy atom. The molecule has 0 spiro atoms. The van der Waals surface area contributed by atoms with Gasteiger partial charge in [-0.05, 0) is 19.3 Å². The summed E-state index contributed by atoms with van der Waals surface area (Å²) < 4.78 is 10.5. The number of anilines is 1. The fourth-order valence-corrected chi connectivity index (χ4v) is 1.62. The summed E-state index contributed by atoms with van der Waals surface area (Å²) >= 11 is 0. The summed E-state index contributed by atoms with van der Waals surface area (Å²) in [6, 6.07) is 2.45. The predicted octanol–water partition coefficient (Wildman–Crippen LogP) is 2.03. The topological polar surface area (TPSA) is 56.3 Å². The third-order valence-electron chi connectivity index (χ3n) is 2.69. The summed E-state index contributed by atoms with van der Waals surface area (Å²) in [5.41, 5.74) is 0. The molecule has 1 aromatic rings.